The SMILES string of the molecule is CCCc1ccccc1CCCNCC(N)=O. The van der Waals surface area contributed by atoms with Crippen LogP contribution in [0.2, 0.25) is 0 Å². The van der Waals surface area contributed by atoms with Gasteiger partial charge in [-0.15, -0.1) is 0 Å². The summed E-state index contributed by atoms with van der Waals surface area (Å²) in [6.45, 7) is 3.31. The van der Waals surface area contributed by atoms with Crippen LogP contribution in [0.1, 0.15) is 30.9 Å². The Bertz CT molecular complexity index is 350. The van der Waals surface area contributed by atoms with Gasteiger partial charge in [0.2, 0.25) is 5.91 Å². The second kappa shape index (κ2) is 7.85. The molecular weight excluding hydrogens is 212 g/mol. The van der Waals surface area contributed by atoms with Crippen LogP contribution in [-0.4, -0.2) is 19.0 Å². The molecule has 0 atom stereocenters. The fourth-order valence-corrected chi connectivity index (χ4v) is 1.93. The van der Waals surface area contributed by atoms with Gasteiger partial charge < -0.3 is 11.1 Å². The third kappa shape index (κ3) is 5.50. The van der Waals surface area contributed by atoms with Crippen molar-refractivity contribution >= 4 is 5.91 Å². The van der Waals surface area contributed by atoms with Gasteiger partial charge in [-0.25, -0.2) is 0 Å². The maximum atomic E-state index is 10.5. The molecule has 0 saturated heterocycles. The number of benzene rings is 1. The van der Waals surface area contributed by atoms with Crippen molar-refractivity contribution < 1.29 is 4.79 Å². The lowest BCUT2D eigenvalue weighted by atomic mass is 9.99. The van der Waals surface area contributed by atoms with Gasteiger partial charge in [0, 0.05) is 0 Å². The van der Waals surface area contributed by atoms with E-state index in [0.717, 1.165) is 25.8 Å². The van der Waals surface area contributed by atoms with E-state index < -0.39 is 0 Å². The summed E-state index contributed by atoms with van der Waals surface area (Å²) in [4.78, 5) is 10.5. The first-order chi connectivity index (χ1) is 8.24. The van der Waals surface area contributed by atoms with Gasteiger partial charge in [-0.2, -0.15) is 0 Å². The summed E-state index contributed by atoms with van der Waals surface area (Å²) in [5.74, 6) is -0.295. The van der Waals surface area contributed by atoms with Gasteiger partial charge in [0.1, 0.15) is 0 Å². The monoisotopic (exact) mass is 234 g/mol. The van der Waals surface area contributed by atoms with Gasteiger partial charge in [0.05, 0.1) is 6.54 Å². The van der Waals surface area contributed by atoms with Crippen molar-refractivity contribution in [2.75, 3.05) is 13.1 Å². The molecule has 0 aliphatic carbocycles. The van der Waals surface area contributed by atoms with Crippen LogP contribution < -0.4 is 11.1 Å². The molecule has 0 aliphatic rings. The van der Waals surface area contributed by atoms with Crippen LogP contribution in [0.3, 0.4) is 0 Å². The zero-order valence-corrected chi connectivity index (χ0v) is 10.5. The average Bonchev–Trinajstić information content (AvgIpc) is 2.31. The molecule has 0 unspecified atom stereocenters. The average molecular weight is 234 g/mol. The van der Waals surface area contributed by atoms with Crippen LogP contribution in [0.15, 0.2) is 24.3 Å². The Labute approximate surface area is 103 Å². The lowest BCUT2D eigenvalue weighted by molar-refractivity contribution is -0.117. The summed E-state index contributed by atoms with van der Waals surface area (Å²) in [5, 5.41) is 3.03. The highest BCUT2D eigenvalue weighted by Crippen LogP contribution is 2.12. The molecule has 0 fully saturated rings. The first-order valence-electron chi connectivity index (χ1n) is 6.30. The van der Waals surface area contributed by atoms with Crippen molar-refractivity contribution in [3.63, 3.8) is 0 Å². The molecule has 1 aromatic carbocycles. The van der Waals surface area contributed by atoms with Gasteiger partial charge in [0.15, 0.2) is 0 Å². The minimum absolute atomic E-state index is 0.274. The zero-order chi connectivity index (χ0) is 12.5. The molecule has 0 saturated carbocycles. The van der Waals surface area contributed by atoms with Crippen LogP contribution in [-0.2, 0) is 17.6 Å². The van der Waals surface area contributed by atoms with E-state index in [4.69, 9.17) is 5.73 Å². The summed E-state index contributed by atoms with van der Waals surface area (Å²) in [5.41, 5.74) is 7.92. The molecule has 0 spiro atoms. The Hall–Kier alpha value is -1.35. The van der Waals surface area contributed by atoms with E-state index in [1.807, 2.05) is 0 Å². The molecule has 0 radical (unpaired) electrons. The minimum Gasteiger partial charge on any atom is -0.369 e. The maximum Gasteiger partial charge on any atom is 0.231 e. The van der Waals surface area contributed by atoms with Crippen molar-refractivity contribution in [1.82, 2.24) is 5.32 Å². The van der Waals surface area contributed by atoms with Gasteiger partial charge in [-0.1, -0.05) is 37.6 Å². The van der Waals surface area contributed by atoms with Crippen LogP contribution in [0.4, 0.5) is 0 Å². The number of hydrogen-bond acceptors (Lipinski definition) is 2. The predicted molar refractivity (Wildman–Crippen MR) is 70.8 cm³/mol. The van der Waals surface area contributed by atoms with E-state index in [2.05, 4.69) is 36.5 Å². The lowest BCUT2D eigenvalue weighted by Gasteiger charge is -2.08. The molecule has 0 aliphatic heterocycles. The molecular formula is C14H22N2O. The first-order valence-corrected chi connectivity index (χ1v) is 6.30. The zero-order valence-electron chi connectivity index (χ0n) is 10.5. The molecule has 1 amide bonds. The van der Waals surface area contributed by atoms with Crippen LogP contribution in [0, 0.1) is 0 Å². The molecule has 94 valence electrons. The van der Waals surface area contributed by atoms with Crippen molar-refractivity contribution in [3.05, 3.63) is 35.4 Å². The number of carbonyl (C=O) groups excluding carboxylic acids is 1. The van der Waals surface area contributed by atoms with E-state index in [0.29, 0.717) is 0 Å². The van der Waals surface area contributed by atoms with E-state index in [9.17, 15) is 4.79 Å². The quantitative estimate of drug-likeness (QED) is 0.672. The van der Waals surface area contributed by atoms with Gasteiger partial charge in [-0.05, 0) is 36.9 Å². The van der Waals surface area contributed by atoms with E-state index in [1.54, 1.807) is 0 Å². The summed E-state index contributed by atoms with van der Waals surface area (Å²) in [6, 6.07) is 8.58. The molecule has 3 heteroatoms. The summed E-state index contributed by atoms with van der Waals surface area (Å²) in [7, 11) is 0. The molecule has 0 heterocycles. The van der Waals surface area contributed by atoms with Gasteiger partial charge in [-0.3, -0.25) is 4.79 Å². The van der Waals surface area contributed by atoms with E-state index >= 15 is 0 Å². The Morgan fingerprint density at radius 2 is 1.88 bits per heavy atom. The van der Waals surface area contributed by atoms with Crippen LogP contribution >= 0.6 is 0 Å². The molecule has 17 heavy (non-hydrogen) atoms. The molecule has 1 rings (SSSR count). The highest BCUT2D eigenvalue weighted by Gasteiger charge is 2.00. The third-order valence-electron chi connectivity index (χ3n) is 2.74. The Morgan fingerprint density at radius 3 is 2.47 bits per heavy atom. The fourth-order valence-electron chi connectivity index (χ4n) is 1.93. The number of amides is 1. The van der Waals surface area contributed by atoms with E-state index in [-0.39, 0.29) is 12.5 Å². The normalized spacial score (nSPS) is 10.4. The maximum absolute atomic E-state index is 10.5. The highest BCUT2D eigenvalue weighted by molar-refractivity contribution is 5.75. The molecule has 1 aromatic rings. The smallest absolute Gasteiger partial charge is 0.231 e. The Kier molecular flexibility index (Phi) is 6.33. The molecule has 0 aromatic heterocycles. The van der Waals surface area contributed by atoms with Gasteiger partial charge in [0.25, 0.3) is 0 Å². The standard InChI is InChI=1S/C14H22N2O/c1-2-6-12-7-3-4-8-13(12)9-5-10-16-11-14(15)17/h3-4,7-8,16H,2,5-6,9-11H2,1H3,(H2,15,17). The molecule has 3 nitrogen and oxygen atoms in total. The summed E-state index contributed by atoms with van der Waals surface area (Å²) >= 11 is 0. The van der Waals surface area contributed by atoms with Crippen LogP contribution in [0.5, 0.6) is 0 Å². The summed E-state index contributed by atoms with van der Waals surface area (Å²) in [6.07, 6.45) is 4.41. The number of carbonyl (C=O) groups is 1. The minimum atomic E-state index is -0.295. The van der Waals surface area contributed by atoms with Crippen LogP contribution in [0.25, 0.3) is 0 Å². The second-order valence-electron chi connectivity index (χ2n) is 4.27. The van der Waals surface area contributed by atoms with Crippen molar-refractivity contribution in [3.8, 4) is 0 Å². The third-order valence-corrected chi connectivity index (χ3v) is 2.74. The largest absolute Gasteiger partial charge is 0.369 e. The lowest BCUT2D eigenvalue weighted by Crippen LogP contribution is -2.29. The number of nitrogens with one attached hydrogen (secondary N) is 1. The van der Waals surface area contributed by atoms with Gasteiger partial charge >= 0.3 is 0 Å². The Balaban J connectivity index is 2.33. The number of primary amides is 1. The number of nitrogens with two attached hydrogens (primary N) is 1. The van der Waals surface area contributed by atoms with Crippen molar-refractivity contribution in [2.45, 2.75) is 32.6 Å². The first kappa shape index (κ1) is 13.7. The fraction of sp³-hybridized carbons (Fsp3) is 0.500. The van der Waals surface area contributed by atoms with Crippen molar-refractivity contribution in [1.29, 1.82) is 0 Å². The molecule has 0 bridgehead atoms. The topological polar surface area (TPSA) is 55.1 Å². The second-order valence-corrected chi connectivity index (χ2v) is 4.27. The van der Waals surface area contributed by atoms with E-state index in [1.165, 1.54) is 17.5 Å². The summed E-state index contributed by atoms with van der Waals surface area (Å²) < 4.78 is 0. The number of hydrogen-bond donors (Lipinski definition) is 2. The highest BCUT2D eigenvalue weighted by atomic mass is 16.1. The number of rotatable bonds is 8. The molecule has 3 N–H and O–H groups in total. The predicted octanol–water partition coefficient (Wildman–Crippen LogP) is 1.65. The Morgan fingerprint density at radius 1 is 1.24 bits per heavy atom. The van der Waals surface area contributed by atoms with Crippen molar-refractivity contribution in [2.24, 2.45) is 5.73 Å². The number of aryl methyl sites for hydroxylation is 2.